The number of carbonyl (C=O) groups excluding carboxylic acids is 2. The van der Waals surface area contributed by atoms with Crippen LogP contribution in [0.3, 0.4) is 0 Å². The Labute approximate surface area is 151 Å². The van der Waals surface area contributed by atoms with E-state index in [1.165, 1.54) is 25.3 Å². The molecule has 2 rings (SSSR count). The van der Waals surface area contributed by atoms with Gasteiger partial charge in [-0.15, -0.1) is 0 Å². The summed E-state index contributed by atoms with van der Waals surface area (Å²) in [6, 6.07) is 8.18. The van der Waals surface area contributed by atoms with Crippen molar-refractivity contribution in [3.05, 3.63) is 58.6 Å². The highest BCUT2D eigenvalue weighted by Gasteiger charge is 2.30. The summed E-state index contributed by atoms with van der Waals surface area (Å²) in [6.07, 6.45) is -4.44. The smallest absolute Gasteiger partial charge is 0.416 e. The highest BCUT2D eigenvalue weighted by molar-refractivity contribution is 6.33. The second kappa shape index (κ2) is 8.09. The van der Waals surface area contributed by atoms with Gasteiger partial charge in [-0.2, -0.15) is 13.2 Å². The fraction of sp³-hybridized carbons (Fsp3) is 0.176. The van der Waals surface area contributed by atoms with Crippen LogP contribution in [-0.2, 0) is 15.7 Å². The van der Waals surface area contributed by atoms with Gasteiger partial charge in [-0.25, -0.2) is 4.79 Å². The predicted octanol–water partition coefficient (Wildman–Crippen LogP) is 4.16. The van der Waals surface area contributed by atoms with Crippen LogP contribution in [0.5, 0.6) is 5.75 Å². The first-order chi connectivity index (χ1) is 12.2. The molecule has 0 radical (unpaired) electrons. The molecule has 0 unspecified atom stereocenters. The number of hydrogen-bond donors (Lipinski definition) is 1. The van der Waals surface area contributed by atoms with E-state index in [0.717, 1.165) is 24.3 Å². The summed E-state index contributed by atoms with van der Waals surface area (Å²) >= 11 is 5.87. The zero-order valence-electron chi connectivity index (χ0n) is 13.4. The predicted molar refractivity (Wildman–Crippen MR) is 88.4 cm³/mol. The molecule has 1 N–H and O–H groups in total. The van der Waals surface area contributed by atoms with Crippen molar-refractivity contribution in [1.82, 2.24) is 0 Å². The first-order valence-corrected chi connectivity index (χ1v) is 7.56. The number of alkyl halides is 3. The third kappa shape index (κ3) is 5.13. The van der Waals surface area contributed by atoms with Gasteiger partial charge >= 0.3 is 12.1 Å². The van der Waals surface area contributed by atoms with Crippen molar-refractivity contribution in [1.29, 1.82) is 0 Å². The van der Waals surface area contributed by atoms with E-state index in [1.54, 1.807) is 0 Å². The molecule has 0 aliphatic heterocycles. The molecule has 5 nitrogen and oxygen atoms in total. The number of nitrogens with one attached hydrogen (secondary N) is 1. The van der Waals surface area contributed by atoms with Gasteiger partial charge in [-0.1, -0.05) is 11.6 Å². The SMILES string of the molecule is COC(=O)c1cc(NC(=O)COc2ccc(C(F)(F)F)cc2)ccc1Cl. The van der Waals surface area contributed by atoms with Crippen LogP contribution in [0.1, 0.15) is 15.9 Å². The largest absolute Gasteiger partial charge is 0.484 e. The van der Waals surface area contributed by atoms with E-state index in [0.29, 0.717) is 0 Å². The Morgan fingerprint density at radius 3 is 2.35 bits per heavy atom. The quantitative estimate of drug-likeness (QED) is 0.782. The van der Waals surface area contributed by atoms with E-state index < -0.39 is 30.2 Å². The van der Waals surface area contributed by atoms with E-state index in [1.807, 2.05) is 0 Å². The average molecular weight is 388 g/mol. The van der Waals surface area contributed by atoms with Crippen LogP contribution in [0.2, 0.25) is 5.02 Å². The van der Waals surface area contributed by atoms with Crippen LogP contribution in [0.25, 0.3) is 0 Å². The first kappa shape index (κ1) is 19.6. The van der Waals surface area contributed by atoms with Gasteiger partial charge in [0.1, 0.15) is 5.75 Å². The average Bonchev–Trinajstić information content (AvgIpc) is 2.60. The minimum Gasteiger partial charge on any atom is -0.484 e. The highest BCUT2D eigenvalue weighted by atomic mass is 35.5. The Balaban J connectivity index is 1.96. The number of halogens is 4. The maximum Gasteiger partial charge on any atom is 0.416 e. The number of benzene rings is 2. The van der Waals surface area contributed by atoms with Crippen molar-refractivity contribution in [2.24, 2.45) is 0 Å². The number of methoxy groups -OCH3 is 1. The van der Waals surface area contributed by atoms with Gasteiger partial charge in [0.05, 0.1) is 23.3 Å². The van der Waals surface area contributed by atoms with Crippen molar-refractivity contribution < 1.29 is 32.2 Å². The zero-order chi connectivity index (χ0) is 19.3. The van der Waals surface area contributed by atoms with Gasteiger partial charge in [0, 0.05) is 5.69 Å². The van der Waals surface area contributed by atoms with Gasteiger partial charge in [0.2, 0.25) is 0 Å². The molecule has 0 fully saturated rings. The van der Waals surface area contributed by atoms with Crippen molar-refractivity contribution in [3.8, 4) is 5.75 Å². The molecule has 0 saturated heterocycles. The Morgan fingerprint density at radius 2 is 1.77 bits per heavy atom. The molecule has 0 atom stereocenters. The summed E-state index contributed by atoms with van der Waals surface area (Å²) in [5.74, 6) is -1.12. The number of carbonyl (C=O) groups is 2. The van der Waals surface area contributed by atoms with Crippen molar-refractivity contribution >= 4 is 29.2 Å². The monoisotopic (exact) mass is 387 g/mol. The normalized spacial score (nSPS) is 11.0. The summed E-state index contributed by atoms with van der Waals surface area (Å²) in [6.45, 7) is -0.429. The maximum absolute atomic E-state index is 12.5. The molecule has 2 aromatic carbocycles. The molecule has 1 amide bonds. The fourth-order valence-electron chi connectivity index (χ4n) is 1.96. The van der Waals surface area contributed by atoms with Gasteiger partial charge in [0.25, 0.3) is 5.91 Å². The van der Waals surface area contributed by atoms with Crippen LogP contribution in [-0.4, -0.2) is 25.6 Å². The number of esters is 1. The molecule has 2 aromatic rings. The summed E-state index contributed by atoms with van der Waals surface area (Å²) in [4.78, 5) is 23.4. The third-order valence-electron chi connectivity index (χ3n) is 3.21. The lowest BCUT2D eigenvalue weighted by atomic mass is 10.2. The van der Waals surface area contributed by atoms with Gasteiger partial charge in [0.15, 0.2) is 6.61 Å². The molecule has 0 heterocycles. The van der Waals surface area contributed by atoms with Crippen molar-refractivity contribution in [2.75, 3.05) is 19.0 Å². The van der Waals surface area contributed by atoms with Gasteiger partial charge < -0.3 is 14.8 Å². The van der Waals surface area contributed by atoms with E-state index in [4.69, 9.17) is 16.3 Å². The summed E-state index contributed by atoms with van der Waals surface area (Å²) in [5.41, 5.74) is -0.447. The Kier molecular flexibility index (Phi) is 6.10. The standard InChI is InChI=1S/C17H13ClF3NO4/c1-25-16(24)13-8-11(4-7-14(13)18)22-15(23)9-26-12-5-2-10(3-6-12)17(19,20)21/h2-8H,9H2,1H3,(H,22,23). The Bertz CT molecular complexity index is 807. The van der Waals surface area contributed by atoms with Crippen LogP contribution in [0.15, 0.2) is 42.5 Å². The summed E-state index contributed by atoms with van der Waals surface area (Å²) in [7, 11) is 1.20. The number of anilines is 1. The maximum atomic E-state index is 12.5. The molecular formula is C17H13ClF3NO4. The van der Waals surface area contributed by atoms with Gasteiger partial charge in [-0.05, 0) is 42.5 Å². The van der Waals surface area contributed by atoms with E-state index in [9.17, 15) is 22.8 Å². The van der Waals surface area contributed by atoms with Crippen molar-refractivity contribution in [3.63, 3.8) is 0 Å². The number of hydrogen-bond acceptors (Lipinski definition) is 4. The highest BCUT2D eigenvalue weighted by Crippen LogP contribution is 2.30. The lowest BCUT2D eigenvalue weighted by Crippen LogP contribution is -2.20. The molecule has 0 aromatic heterocycles. The minimum atomic E-state index is -4.44. The second-order valence-electron chi connectivity index (χ2n) is 5.05. The first-order valence-electron chi connectivity index (χ1n) is 7.18. The van der Waals surface area contributed by atoms with E-state index >= 15 is 0 Å². The topological polar surface area (TPSA) is 64.6 Å². The van der Waals surface area contributed by atoms with Crippen LogP contribution < -0.4 is 10.1 Å². The lowest BCUT2D eigenvalue weighted by Gasteiger charge is -2.10. The number of ether oxygens (including phenoxy) is 2. The number of rotatable bonds is 5. The minimum absolute atomic E-state index is 0.0793. The van der Waals surface area contributed by atoms with Crippen LogP contribution >= 0.6 is 11.6 Å². The molecule has 9 heteroatoms. The van der Waals surface area contributed by atoms with Crippen molar-refractivity contribution in [2.45, 2.75) is 6.18 Å². The lowest BCUT2D eigenvalue weighted by molar-refractivity contribution is -0.137. The zero-order valence-corrected chi connectivity index (χ0v) is 14.1. The van der Waals surface area contributed by atoms with Crippen LogP contribution in [0.4, 0.5) is 18.9 Å². The Hall–Kier alpha value is -2.74. The van der Waals surface area contributed by atoms with E-state index in [-0.39, 0.29) is 22.0 Å². The summed E-state index contributed by atoms with van der Waals surface area (Å²) in [5, 5.41) is 2.65. The third-order valence-corrected chi connectivity index (χ3v) is 3.54. The molecule has 26 heavy (non-hydrogen) atoms. The molecule has 0 aliphatic carbocycles. The molecule has 0 saturated carbocycles. The molecule has 0 spiro atoms. The van der Waals surface area contributed by atoms with Crippen LogP contribution in [0, 0.1) is 0 Å². The van der Waals surface area contributed by atoms with E-state index in [2.05, 4.69) is 10.1 Å². The summed E-state index contributed by atoms with van der Waals surface area (Å²) < 4.78 is 47.1. The second-order valence-corrected chi connectivity index (χ2v) is 5.45. The molecule has 0 aliphatic rings. The number of amides is 1. The fourth-order valence-corrected chi connectivity index (χ4v) is 2.15. The molecule has 0 bridgehead atoms. The Morgan fingerprint density at radius 1 is 1.12 bits per heavy atom. The van der Waals surface area contributed by atoms with Gasteiger partial charge in [-0.3, -0.25) is 4.79 Å². The molecular weight excluding hydrogens is 375 g/mol. The molecule has 138 valence electrons.